The Hall–Kier alpha value is -2.38. The molecule has 0 nitrogen and oxygen atoms in total. The summed E-state index contributed by atoms with van der Waals surface area (Å²) in [5.41, 5.74) is 2.98. The molecule has 3 aromatic rings. The number of hydrogen-bond donors (Lipinski definition) is 0. The molecule has 23 heavy (non-hydrogen) atoms. The van der Waals surface area contributed by atoms with Crippen LogP contribution in [-0.4, -0.2) is 8.07 Å². The Balaban J connectivity index is 2.10. The van der Waals surface area contributed by atoms with Gasteiger partial charge in [0.15, 0.2) is 8.07 Å². The van der Waals surface area contributed by atoms with Crippen molar-refractivity contribution in [2.45, 2.75) is 12.5 Å². The van der Waals surface area contributed by atoms with E-state index in [1.807, 2.05) is 0 Å². The zero-order chi connectivity index (χ0) is 15.7. The summed E-state index contributed by atoms with van der Waals surface area (Å²) in [7, 11) is -2.02. The summed E-state index contributed by atoms with van der Waals surface area (Å²) in [6.07, 6.45) is 3.17. The first-order valence-corrected chi connectivity index (χ1v) is 10.4. The first-order chi connectivity index (χ1) is 11.4. The maximum atomic E-state index is 4.11. The summed E-state index contributed by atoms with van der Waals surface area (Å²) < 4.78 is 0. The van der Waals surface area contributed by atoms with Gasteiger partial charge in [-0.25, -0.2) is 0 Å². The van der Waals surface area contributed by atoms with Crippen molar-refractivity contribution in [2.24, 2.45) is 0 Å². The fourth-order valence-electron chi connectivity index (χ4n) is 4.12. The molecule has 0 amide bonds. The number of allylic oxidation sites excluding steroid dienone is 1. The maximum Gasteiger partial charge on any atom is 0.152 e. The molecule has 0 unspecified atom stereocenters. The normalized spacial score (nSPS) is 14.6. The van der Waals surface area contributed by atoms with Crippen molar-refractivity contribution in [2.75, 3.05) is 0 Å². The molecule has 1 heterocycles. The van der Waals surface area contributed by atoms with Gasteiger partial charge in [-0.1, -0.05) is 84.9 Å². The highest BCUT2D eigenvalue weighted by molar-refractivity contribution is 7.12. The first kappa shape index (κ1) is 14.2. The van der Waals surface area contributed by atoms with Gasteiger partial charge in [-0.3, -0.25) is 0 Å². The van der Waals surface area contributed by atoms with Gasteiger partial charge in [0.25, 0.3) is 0 Å². The standard InChI is InChI=1S/C22H20Si/c1-2-16-23(20-12-4-3-5-13-20)21-14-8-6-10-18(21)17-19-11-7-9-15-22(19)23/h2-15H,1,16-17H2. The molecule has 4 rings (SSSR count). The van der Waals surface area contributed by atoms with E-state index in [9.17, 15) is 0 Å². The summed E-state index contributed by atoms with van der Waals surface area (Å²) in [5, 5.41) is 4.61. The lowest BCUT2D eigenvalue weighted by Gasteiger charge is -2.39. The molecule has 0 radical (unpaired) electrons. The Morgan fingerprint density at radius 1 is 0.739 bits per heavy atom. The Morgan fingerprint density at radius 2 is 1.26 bits per heavy atom. The SMILES string of the molecule is C=CC[Si]1(c2ccccc2)c2ccccc2Cc2ccccc21. The van der Waals surface area contributed by atoms with Crippen LogP contribution in [0.1, 0.15) is 11.1 Å². The Labute approximate surface area is 139 Å². The lowest BCUT2D eigenvalue weighted by Crippen LogP contribution is -2.70. The minimum Gasteiger partial charge on any atom is -0.103 e. The van der Waals surface area contributed by atoms with Crippen LogP contribution in [0.25, 0.3) is 0 Å². The van der Waals surface area contributed by atoms with E-state index in [1.165, 1.54) is 16.3 Å². The molecular weight excluding hydrogens is 292 g/mol. The molecule has 0 spiro atoms. The number of hydrogen-bond acceptors (Lipinski definition) is 0. The van der Waals surface area contributed by atoms with Crippen molar-refractivity contribution in [3.63, 3.8) is 0 Å². The van der Waals surface area contributed by atoms with Crippen LogP contribution in [0.5, 0.6) is 0 Å². The van der Waals surface area contributed by atoms with Crippen LogP contribution in [0.4, 0.5) is 0 Å². The quantitative estimate of drug-likeness (QED) is 0.514. The second-order valence-electron chi connectivity index (χ2n) is 6.26. The Bertz CT molecular complexity index is 803. The Morgan fingerprint density at radius 3 is 1.83 bits per heavy atom. The zero-order valence-corrected chi connectivity index (χ0v) is 14.2. The van der Waals surface area contributed by atoms with Gasteiger partial charge in [0.2, 0.25) is 0 Å². The molecular formula is C22H20Si. The van der Waals surface area contributed by atoms with Gasteiger partial charge in [-0.2, -0.15) is 0 Å². The highest BCUT2D eigenvalue weighted by atomic mass is 28.3. The van der Waals surface area contributed by atoms with E-state index in [2.05, 4.69) is 91.5 Å². The predicted octanol–water partition coefficient (Wildman–Crippen LogP) is 3.25. The van der Waals surface area contributed by atoms with Crippen molar-refractivity contribution < 1.29 is 0 Å². The van der Waals surface area contributed by atoms with E-state index in [-0.39, 0.29) is 0 Å². The molecule has 0 bridgehead atoms. The topological polar surface area (TPSA) is 0 Å². The predicted molar refractivity (Wildman–Crippen MR) is 102 cm³/mol. The van der Waals surface area contributed by atoms with E-state index in [0.29, 0.717) is 0 Å². The molecule has 0 saturated carbocycles. The third kappa shape index (κ3) is 2.12. The van der Waals surface area contributed by atoms with Crippen molar-refractivity contribution in [1.29, 1.82) is 0 Å². The summed E-state index contributed by atoms with van der Waals surface area (Å²) in [5.74, 6) is 0. The molecule has 0 N–H and O–H groups in total. The molecule has 0 aromatic heterocycles. The molecule has 1 aliphatic heterocycles. The first-order valence-electron chi connectivity index (χ1n) is 8.19. The molecule has 1 heteroatoms. The van der Waals surface area contributed by atoms with Gasteiger partial charge in [-0.15, -0.1) is 6.58 Å². The summed E-state index contributed by atoms with van der Waals surface area (Å²) >= 11 is 0. The van der Waals surface area contributed by atoms with Gasteiger partial charge in [-0.05, 0) is 39.2 Å². The molecule has 0 aliphatic carbocycles. The third-order valence-electron chi connectivity index (χ3n) is 5.05. The smallest absolute Gasteiger partial charge is 0.103 e. The molecule has 112 valence electrons. The number of rotatable bonds is 3. The minimum atomic E-state index is -2.02. The number of fused-ring (bicyclic) bond motifs is 2. The average Bonchev–Trinajstić information content (AvgIpc) is 2.62. The monoisotopic (exact) mass is 312 g/mol. The van der Waals surface area contributed by atoms with Crippen LogP contribution < -0.4 is 15.6 Å². The molecule has 3 aromatic carbocycles. The second-order valence-corrected chi connectivity index (χ2v) is 10.1. The molecule has 1 aliphatic rings. The average molecular weight is 312 g/mol. The maximum absolute atomic E-state index is 4.11. The van der Waals surface area contributed by atoms with Crippen molar-refractivity contribution >= 4 is 23.6 Å². The van der Waals surface area contributed by atoms with Crippen LogP contribution in [0.15, 0.2) is 91.5 Å². The highest BCUT2D eigenvalue weighted by Crippen LogP contribution is 2.23. The molecule has 0 fully saturated rings. The van der Waals surface area contributed by atoms with E-state index < -0.39 is 8.07 Å². The fraction of sp³-hybridized carbons (Fsp3) is 0.0909. The third-order valence-corrected chi connectivity index (χ3v) is 10.1. The molecule has 0 saturated heterocycles. The highest BCUT2D eigenvalue weighted by Gasteiger charge is 2.43. The van der Waals surface area contributed by atoms with Crippen LogP contribution in [0.2, 0.25) is 6.04 Å². The van der Waals surface area contributed by atoms with Crippen molar-refractivity contribution in [3.05, 3.63) is 103 Å². The van der Waals surface area contributed by atoms with Gasteiger partial charge >= 0.3 is 0 Å². The minimum absolute atomic E-state index is 1.05. The van der Waals surface area contributed by atoms with Crippen molar-refractivity contribution in [3.8, 4) is 0 Å². The summed E-state index contributed by atoms with van der Waals surface area (Å²) in [6, 6.07) is 30.2. The van der Waals surface area contributed by atoms with Gasteiger partial charge < -0.3 is 0 Å². The summed E-state index contributed by atoms with van der Waals surface area (Å²) in [6.45, 7) is 4.11. The van der Waals surface area contributed by atoms with E-state index in [4.69, 9.17) is 0 Å². The fourth-order valence-corrected chi connectivity index (χ4v) is 9.10. The van der Waals surface area contributed by atoms with Gasteiger partial charge in [0.05, 0.1) is 0 Å². The zero-order valence-electron chi connectivity index (χ0n) is 13.2. The largest absolute Gasteiger partial charge is 0.152 e. The second kappa shape index (κ2) is 5.67. The molecule has 0 atom stereocenters. The van der Waals surface area contributed by atoms with Crippen LogP contribution in [0, 0.1) is 0 Å². The lowest BCUT2D eigenvalue weighted by molar-refractivity contribution is 1.20. The van der Waals surface area contributed by atoms with Gasteiger partial charge in [0, 0.05) is 0 Å². The van der Waals surface area contributed by atoms with Crippen LogP contribution in [-0.2, 0) is 6.42 Å². The van der Waals surface area contributed by atoms with E-state index in [1.54, 1.807) is 10.4 Å². The number of benzene rings is 3. The Kier molecular flexibility index (Phi) is 3.51. The van der Waals surface area contributed by atoms with Crippen LogP contribution in [0.3, 0.4) is 0 Å². The van der Waals surface area contributed by atoms with E-state index in [0.717, 1.165) is 12.5 Å². The van der Waals surface area contributed by atoms with Crippen molar-refractivity contribution in [1.82, 2.24) is 0 Å². The van der Waals surface area contributed by atoms with Crippen LogP contribution >= 0.6 is 0 Å². The van der Waals surface area contributed by atoms with Gasteiger partial charge in [0.1, 0.15) is 0 Å². The summed E-state index contributed by atoms with van der Waals surface area (Å²) in [4.78, 5) is 0. The van der Waals surface area contributed by atoms with E-state index >= 15 is 0 Å². The lowest BCUT2D eigenvalue weighted by atomic mass is 10.0.